The maximum absolute atomic E-state index is 6.16. The predicted molar refractivity (Wildman–Crippen MR) is 80.0 cm³/mol. The number of hydrogen-bond donors (Lipinski definition) is 1. The molecule has 118 valence electrons. The second kappa shape index (κ2) is 6.73. The van der Waals surface area contributed by atoms with Gasteiger partial charge in [0.05, 0.1) is 11.2 Å². The first-order valence-corrected chi connectivity index (χ1v) is 8.03. The summed E-state index contributed by atoms with van der Waals surface area (Å²) in [5.41, 5.74) is -0.0538. The predicted octanol–water partition coefficient (Wildman–Crippen LogP) is 2.37. The highest BCUT2D eigenvalue weighted by molar-refractivity contribution is 4.98. The molecule has 2 aliphatic heterocycles. The van der Waals surface area contributed by atoms with E-state index in [1.165, 1.54) is 0 Å². The van der Waals surface area contributed by atoms with Gasteiger partial charge in [-0.3, -0.25) is 0 Å². The summed E-state index contributed by atoms with van der Waals surface area (Å²) < 4.78 is 17.5. The van der Waals surface area contributed by atoms with E-state index in [0.717, 1.165) is 51.9 Å². The van der Waals surface area contributed by atoms with Crippen molar-refractivity contribution in [2.75, 3.05) is 34.0 Å². The molecule has 0 amide bonds. The molecule has 0 radical (unpaired) electrons. The van der Waals surface area contributed by atoms with E-state index in [1.54, 1.807) is 0 Å². The number of rotatable bonds is 5. The van der Waals surface area contributed by atoms with Crippen LogP contribution in [0.5, 0.6) is 0 Å². The van der Waals surface area contributed by atoms with Crippen LogP contribution in [-0.2, 0) is 14.2 Å². The van der Waals surface area contributed by atoms with Crippen molar-refractivity contribution in [1.29, 1.82) is 0 Å². The zero-order valence-electron chi connectivity index (χ0n) is 13.5. The van der Waals surface area contributed by atoms with Crippen molar-refractivity contribution in [3.8, 4) is 0 Å². The number of hydrogen-bond acceptors (Lipinski definition) is 4. The van der Waals surface area contributed by atoms with Gasteiger partial charge in [-0.25, -0.2) is 0 Å². The lowest BCUT2D eigenvalue weighted by atomic mass is 9.73. The first-order valence-electron chi connectivity index (χ1n) is 8.03. The van der Waals surface area contributed by atoms with Crippen molar-refractivity contribution in [3.63, 3.8) is 0 Å². The van der Waals surface area contributed by atoms with Gasteiger partial charge in [0.15, 0.2) is 0 Å². The van der Waals surface area contributed by atoms with Crippen LogP contribution in [-0.4, -0.2) is 51.2 Å². The molecule has 3 unspecified atom stereocenters. The molecule has 2 rings (SSSR count). The van der Waals surface area contributed by atoms with Gasteiger partial charge in [0.2, 0.25) is 0 Å². The summed E-state index contributed by atoms with van der Waals surface area (Å²) in [6, 6.07) is 0.376. The summed E-state index contributed by atoms with van der Waals surface area (Å²) in [4.78, 5) is 0. The Kier molecular flexibility index (Phi) is 5.46. The van der Waals surface area contributed by atoms with Crippen LogP contribution in [0.4, 0.5) is 0 Å². The third-order valence-corrected chi connectivity index (χ3v) is 5.54. The van der Waals surface area contributed by atoms with Gasteiger partial charge < -0.3 is 19.5 Å². The van der Waals surface area contributed by atoms with Crippen molar-refractivity contribution in [1.82, 2.24) is 5.32 Å². The van der Waals surface area contributed by atoms with E-state index in [0.29, 0.717) is 12.0 Å². The van der Waals surface area contributed by atoms with Crippen molar-refractivity contribution in [2.24, 2.45) is 5.92 Å². The monoisotopic (exact) mass is 285 g/mol. The second-order valence-electron chi connectivity index (χ2n) is 6.53. The van der Waals surface area contributed by atoms with E-state index in [1.807, 2.05) is 7.11 Å². The van der Waals surface area contributed by atoms with Crippen molar-refractivity contribution < 1.29 is 14.2 Å². The molecule has 20 heavy (non-hydrogen) atoms. The molecule has 2 aliphatic rings. The first-order chi connectivity index (χ1) is 9.59. The number of likely N-dealkylation sites (N-methyl/N-ethyl adjacent to an activating group) is 1. The van der Waals surface area contributed by atoms with E-state index in [4.69, 9.17) is 14.2 Å². The van der Waals surface area contributed by atoms with Gasteiger partial charge in [-0.2, -0.15) is 0 Å². The molecule has 2 heterocycles. The van der Waals surface area contributed by atoms with E-state index < -0.39 is 0 Å². The van der Waals surface area contributed by atoms with E-state index in [2.05, 4.69) is 26.2 Å². The Morgan fingerprint density at radius 2 is 2.05 bits per heavy atom. The standard InChI is InChI=1S/C16H31NO3/c1-5-15(2,18-4)14(17-3)13-6-9-20-16(12-13)7-10-19-11-8-16/h13-14,17H,5-12H2,1-4H3. The average Bonchev–Trinajstić information content (AvgIpc) is 2.48. The highest BCUT2D eigenvalue weighted by Crippen LogP contribution is 2.40. The summed E-state index contributed by atoms with van der Waals surface area (Å²) in [5.74, 6) is 0.608. The Morgan fingerprint density at radius 3 is 2.60 bits per heavy atom. The Morgan fingerprint density at radius 1 is 1.35 bits per heavy atom. The van der Waals surface area contributed by atoms with Crippen LogP contribution in [0.15, 0.2) is 0 Å². The summed E-state index contributed by atoms with van der Waals surface area (Å²) >= 11 is 0. The molecule has 3 atom stereocenters. The molecule has 0 aromatic rings. The molecule has 0 aromatic heterocycles. The normalized spacial score (nSPS) is 30.9. The minimum atomic E-state index is -0.108. The van der Waals surface area contributed by atoms with Crippen LogP contribution in [0, 0.1) is 5.92 Å². The molecule has 0 aliphatic carbocycles. The zero-order valence-corrected chi connectivity index (χ0v) is 13.5. The van der Waals surface area contributed by atoms with Crippen LogP contribution in [0.1, 0.15) is 46.0 Å². The smallest absolute Gasteiger partial charge is 0.0803 e. The van der Waals surface area contributed by atoms with Crippen LogP contribution >= 0.6 is 0 Å². The topological polar surface area (TPSA) is 39.7 Å². The zero-order chi connectivity index (χ0) is 14.6. The fourth-order valence-corrected chi connectivity index (χ4v) is 3.97. The van der Waals surface area contributed by atoms with E-state index in [-0.39, 0.29) is 11.2 Å². The lowest BCUT2D eigenvalue weighted by molar-refractivity contribution is -0.160. The molecule has 2 fully saturated rings. The van der Waals surface area contributed by atoms with Crippen molar-refractivity contribution >= 4 is 0 Å². The summed E-state index contributed by atoms with van der Waals surface area (Å²) in [6.45, 7) is 6.97. The Hall–Kier alpha value is -0.160. The summed E-state index contributed by atoms with van der Waals surface area (Å²) in [7, 11) is 3.89. The molecule has 4 heteroatoms. The summed E-state index contributed by atoms with van der Waals surface area (Å²) in [6.07, 6.45) is 5.34. The fraction of sp³-hybridized carbons (Fsp3) is 1.00. The molecule has 4 nitrogen and oxygen atoms in total. The Labute approximate surface area is 123 Å². The molecule has 0 saturated carbocycles. The number of methoxy groups -OCH3 is 1. The number of ether oxygens (including phenoxy) is 3. The van der Waals surface area contributed by atoms with E-state index >= 15 is 0 Å². The quantitative estimate of drug-likeness (QED) is 0.842. The minimum absolute atomic E-state index is 0.0542. The lowest BCUT2D eigenvalue weighted by Gasteiger charge is -2.48. The number of nitrogens with one attached hydrogen (secondary N) is 1. The fourth-order valence-electron chi connectivity index (χ4n) is 3.97. The van der Waals surface area contributed by atoms with Gasteiger partial charge in [-0.05, 0) is 52.0 Å². The van der Waals surface area contributed by atoms with Gasteiger partial charge in [0, 0.05) is 33.0 Å². The molecule has 0 bridgehead atoms. The van der Waals surface area contributed by atoms with Gasteiger partial charge in [-0.1, -0.05) is 6.92 Å². The third-order valence-electron chi connectivity index (χ3n) is 5.54. The third kappa shape index (κ3) is 3.19. The highest BCUT2D eigenvalue weighted by atomic mass is 16.5. The Balaban J connectivity index is 2.09. The molecule has 1 spiro atoms. The van der Waals surface area contributed by atoms with Crippen LogP contribution in [0.2, 0.25) is 0 Å². The van der Waals surface area contributed by atoms with Gasteiger partial charge in [0.25, 0.3) is 0 Å². The summed E-state index contributed by atoms with van der Waals surface area (Å²) in [5, 5.41) is 3.52. The van der Waals surface area contributed by atoms with Gasteiger partial charge >= 0.3 is 0 Å². The van der Waals surface area contributed by atoms with Gasteiger partial charge in [0.1, 0.15) is 0 Å². The highest BCUT2D eigenvalue weighted by Gasteiger charge is 2.45. The second-order valence-corrected chi connectivity index (χ2v) is 6.53. The average molecular weight is 285 g/mol. The molecule has 2 saturated heterocycles. The van der Waals surface area contributed by atoms with Crippen LogP contribution in [0.25, 0.3) is 0 Å². The molecular formula is C16H31NO3. The lowest BCUT2D eigenvalue weighted by Crippen LogP contribution is -2.57. The maximum atomic E-state index is 6.16. The molecule has 0 aromatic carbocycles. The maximum Gasteiger partial charge on any atom is 0.0803 e. The Bertz CT molecular complexity index is 293. The first kappa shape index (κ1) is 16.2. The largest absolute Gasteiger partial charge is 0.381 e. The van der Waals surface area contributed by atoms with E-state index in [9.17, 15) is 0 Å². The SMILES string of the molecule is CCC(C)(OC)C(NC)C1CCOC2(CCOCC2)C1. The van der Waals surface area contributed by atoms with Crippen LogP contribution < -0.4 is 5.32 Å². The minimum Gasteiger partial charge on any atom is -0.381 e. The van der Waals surface area contributed by atoms with Crippen LogP contribution in [0.3, 0.4) is 0 Å². The van der Waals surface area contributed by atoms with Crippen molar-refractivity contribution in [2.45, 2.75) is 63.2 Å². The molecule has 1 N–H and O–H groups in total. The molecular weight excluding hydrogens is 254 g/mol. The van der Waals surface area contributed by atoms with Crippen molar-refractivity contribution in [3.05, 3.63) is 0 Å². The van der Waals surface area contributed by atoms with Gasteiger partial charge in [-0.15, -0.1) is 0 Å².